The fourth-order valence-corrected chi connectivity index (χ4v) is 1.26. The average molecular weight is 244 g/mol. The summed E-state index contributed by atoms with van der Waals surface area (Å²) < 4.78 is 37.4. The molecule has 0 unspecified atom stereocenters. The molecule has 0 saturated carbocycles. The van der Waals surface area contributed by atoms with E-state index in [4.69, 9.17) is 5.73 Å². The number of alkyl halides is 3. The molecule has 2 rings (SSSR count). The molecular weight excluding hydrogens is 237 g/mol. The van der Waals surface area contributed by atoms with Crippen molar-refractivity contribution in [3.05, 3.63) is 24.5 Å². The maximum absolute atomic E-state index is 12.0. The molecule has 0 atom stereocenters. The molecule has 0 aromatic carbocycles. The summed E-state index contributed by atoms with van der Waals surface area (Å²) in [6.45, 7) is 0. The largest absolute Gasteiger partial charge is 0.471 e. The zero-order valence-corrected chi connectivity index (χ0v) is 8.32. The van der Waals surface area contributed by atoms with Crippen molar-refractivity contribution in [2.45, 2.75) is 6.18 Å². The smallest absolute Gasteiger partial charge is 0.398 e. The van der Waals surface area contributed by atoms with Crippen molar-refractivity contribution in [2.75, 3.05) is 11.1 Å². The normalized spacial score (nSPS) is 11.7. The molecule has 5 nitrogen and oxygen atoms in total. The summed E-state index contributed by atoms with van der Waals surface area (Å²) >= 11 is 0. The fraction of sp³-hybridized carbons (Fsp3) is 0.111. The first-order valence-corrected chi connectivity index (χ1v) is 4.48. The van der Waals surface area contributed by atoms with Crippen LogP contribution >= 0.6 is 0 Å². The van der Waals surface area contributed by atoms with Crippen LogP contribution in [0.25, 0.3) is 5.65 Å². The van der Waals surface area contributed by atoms with E-state index in [1.165, 1.54) is 22.9 Å². The first kappa shape index (κ1) is 11.2. The second-order valence-electron chi connectivity index (χ2n) is 3.31. The summed E-state index contributed by atoms with van der Waals surface area (Å²) in [5.41, 5.74) is 6.31. The van der Waals surface area contributed by atoms with Gasteiger partial charge in [-0.05, 0) is 12.1 Å². The molecular formula is C9H7F3N4O. The van der Waals surface area contributed by atoms with Crippen molar-refractivity contribution in [2.24, 2.45) is 0 Å². The summed E-state index contributed by atoms with van der Waals surface area (Å²) in [6.07, 6.45) is -2.21. The Morgan fingerprint density at radius 1 is 1.35 bits per heavy atom. The van der Waals surface area contributed by atoms with Gasteiger partial charge in [0.25, 0.3) is 0 Å². The van der Waals surface area contributed by atoms with Gasteiger partial charge in [0.05, 0.1) is 6.20 Å². The van der Waals surface area contributed by atoms with E-state index in [9.17, 15) is 18.0 Å². The number of amides is 1. The van der Waals surface area contributed by atoms with E-state index >= 15 is 0 Å². The van der Waals surface area contributed by atoms with Crippen LogP contribution in [0.5, 0.6) is 0 Å². The van der Waals surface area contributed by atoms with Crippen molar-refractivity contribution in [3.63, 3.8) is 0 Å². The zero-order valence-electron chi connectivity index (χ0n) is 8.32. The predicted molar refractivity (Wildman–Crippen MR) is 54.3 cm³/mol. The Morgan fingerprint density at radius 3 is 2.71 bits per heavy atom. The highest BCUT2D eigenvalue weighted by Crippen LogP contribution is 2.18. The van der Waals surface area contributed by atoms with Crippen molar-refractivity contribution in [1.29, 1.82) is 0 Å². The number of anilines is 2. The number of fused-ring (bicyclic) bond motifs is 1. The van der Waals surface area contributed by atoms with E-state index in [2.05, 4.69) is 4.98 Å². The van der Waals surface area contributed by atoms with Gasteiger partial charge >= 0.3 is 12.1 Å². The van der Waals surface area contributed by atoms with Gasteiger partial charge in [-0.2, -0.15) is 13.2 Å². The van der Waals surface area contributed by atoms with Crippen LogP contribution in [-0.4, -0.2) is 21.5 Å². The molecule has 0 spiro atoms. The van der Waals surface area contributed by atoms with E-state index in [0.717, 1.165) is 0 Å². The molecule has 2 aromatic heterocycles. The number of hydrogen-bond acceptors (Lipinski definition) is 3. The highest BCUT2D eigenvalue weighted by atomic mass is 19.4. The minimum Gasteiger partial charge on any atom is -0.398 e. The summed E-state index contributed by atoms with van der Waals surface area (Å²) in [7, 11) is 0. The van der Waals surface area contributed by atoms with Crippen LogP contribution in [0.2, 0.25) is 0 Å². The maximum atomic E-state index is 12.0. The number of halogens is 3. The number of imidazole rings is 1. The number of rotatable bonds is 1. The van der Waals surface area contributed by atoms with Gasteiger partial charge in [-0.25, -0.2) is 4.98 Å². The number of nitrogen functional groups attached to an aromatic ring is 1. The molecule has 1 amide bonds. The molecule has 90 valence electrons. The lowest BCUT2D eigenvalue weighted by atomic mass is 10.4. The van der Waals surface area contributed by atoms with E-state index in [1.54, 1.807) is 11.4 Å². The average Bonchev–Trinajstić information content (AvgIpc) is 2.57. The Bertz CT molecular complexity index is 575. The SMILES string of the molecule is Nc1ccc2nc(NC(=O)C(F)(F)F)cn2c1. The minimum absolute atomic E-state index is 0.182. The minimum atomic E-state index is -4.94. The van der Waals surface area contributed by atoms with Crippen molar-refractivity contribution < 1.29 is 18.0 Å². The Kier molecular flexibility index (Phi) is 2.41. The van der Waals surface area contributed by atoms with Gasteiger partial charge in [0, 0.05) is 11.9 Å². The van der Waals surface area contributed by atoms with Crippen LogP contribution in [0.15, 0.2) is 24.5 Å². The van der Waals surface area contributed by atoms with Gasteiger partial charge in [-0.15, -0.1) is 0 Å². The second kappa shape index (κ2) is 3.65. The van der Waals surface area contributed by atoms with Crippen LogP contribution in [-0.2, 0) is 4.79 Å². The Balaban J connectivity index is 2.29. The van der Waals surface area contributed by atoms with Gasteiger partial charge in [0.15, 0.2) is 5.82 Å². The summed E-state index contributed by atoms with van der Waals surface area (Å²) in [6, 6.07) is 3.08. The number of pyridine rings is 1. The lowest BCUT2D eigenvalue weighted by Gasteiger charge is -2.04. The standard InChI is InChI=1S/C9H7F3N4O/c10-9(11,12)8(17)15-6-4-16-3-5(13)1-2-7(16)14-6/h1-4H,13H2,(H,15,17). The molecule has 2 aromatic rings. The topological polar surface area (TPSA) is 72.4 Å². The number of aromatic nitrogens is 2. The molecule has 0 radical (unpaired) electrons. The first-order valence-electron chi connectivity index (χ1n) is 4.48. The lowest BCUT2D eigenvalue weighted by Crippen LogP contribution is -2.30. The molecule has 0 saturated heterocycles. The first-order chi connectivity index (χ1) is 7.86. The van der Waals surface area contributed by atoms with Crippen LogP contribution < -0.4 is 11.1 Å². The molecule has 0 aliphatic heterocycles. The molecule has 2 heterocycles. The number of nitrogens with zero attached hydrogens (tertiary/aromatic N) is 2. The van der Waals surface area contributed by atoms with Crippen molar-refractivity contribution >= 4 is 23.1 Å². The van der Waals surface area contributed by atoms with Gasteiger partial charge in [-0.1, -0.05) is 0 Å². The van der Waals surface area contributed by atoms with Crippen LogP contribution in [0.4, 0.5) is 24.7 Å². The van der Waals surface area contributed by atoms with E-state index in [0.29, 0.717) is 11.3 Å². The van der Waals surface area contributed by atoms with E-state index < -0.39 is 12.1 Å². The highest BCUT2D eigenvalue weighted by molar-refractivity contribution is 5.94. The Labute approximate surface area is 93.0 Å². The molecule has 0 bridgehead atoms. The maximum Gasteiger partial charge on any atom is 0.471 e. The summed E-state index contributed by atoms with van der Waals surface area (Å²) in [5.74, 6) is -2.24. The van der Waals surface area contributed by atoms with E-state index in [-0.39, 0.29) is 5.82 Å². The summed E-state index contributed by atoms with van der Waals surface area (Å²) in [5, 5.41) is 1.65. The van der Waals surface area contributed by atoms with Crippen LogP contribution in [0.1, 0.15) is 0 Å². The molecule has 0 aliphatic carbocycles. The molecule has 0 fully saturated rings. The van der Waals surface area contributed by atoms with Gasteiger partial charge < -0.3 is 15.5 Å². The van der Waals surface area contributed by atoms with Gasteiger partial charge in [0.1, 0.15) is 5.65 Å². The Morgan fingerprint density at radius 2 is 2.06 bits per heavy atom. The Hall–Kier alpha value is -2.25. The third-order valence-electron chi connectivity index (χ3n) is 1.97. The third kappa shape index (κ3) is 2.30. The number of nitrogens with one attached hydrogen (secondary N) is 1. The monoisotopic (exact) mass is 244 g/mol. The highest BCUT2D eigenvalue weighted by Gasteiger charge is 2.39. The molecule has 17 heavy (non-hydrogen) atoms. The fourth-order valence-electron chi connectivity index (χ4n) is 1.26. The van der Waals surface area contributed by atoms with Crippen molar-refractivity contribution in [1.82, 2.24) is 9.38 Å². The molecule has 3 N–H and O–H groups in total. The lowest BCUT2D eigenvalue weighted by molar-refractivity contribution is -0.167. The van der Waals surface area contributed by atoms with E-state index in [1.807, 2.05) is 0 Å². The quantitative estimate of drug-likeness (QED) is 0.796. The number of carbonyl (C=O) groups is 1. The number of hydrogen-bond donors (Lipinski definition) is 2. The van der Waals surface area contributed by atoms with Crippen LogP contribution in [0, 0.1) is 0 Å². The third-order valence-corrected chi connectivity index (χ3v) is 1.97. The van der Waals surface area contributed by atoms with Gasteiger partial charge in [-0.3, -0.25) is 4.79 Å². The number of carbonyl (C=O) groups excluding carboxylic acids is 1. The molecule has 0 aliphatic rings. The number of nitrogens with two attached hydrogens (primary N) is 1. The summed E-state index contributed by atoms with van der Waals surface area (Å²) in [4.78, 5) is 14.5. The predicted octanol–water partition coefficient (Wildman–Crippen LogP) is 1.42. The van der Waals surface area contributed by atoms with Gasteiger partial charge in [0.2, 0.25) is 0 Å². The van der Waals surface area contributed by atoms with Crippen LogP contribution in [0.3, 0.4) is 0 Å². The zero-order chi connectivity index (χ0) is 12.6. The second-order valence-corrected chi connectivity index (χ2v) is 3.31. The van der Waals surface area contributed by atoms with Crippen molar-refractivity contribution in [3.8, 4) is 0 Å². The molecule has 8 heteroatoms.